The molecule has 2 aromatic rings. The maximum absolute atomic E-state index is 12.0. The summed E-state index contributed by atoms with van der Waals surface area (Å²) in [5.74, 6) is -0.149. The summed E-state index contributed by atoms with van der Waals surface area (Å²) in [6.07, 6.45) is 0. The van der Waals surface area contributed by atoms with Crippen LogP contribution in [-0.2, 0) is 0 Å². The Morgan fingerprint density at radius 3 is 2.52 bits per heavy atom. The molecule has 6 heteroatoms. The van der Waals surface area contributed by atoms with Crippen LogP contribution in [0, 0.1) is 17.0 Å². The molecule has 2 rings (SSSR count). The molecule has 0 heterocycles. The van der Waals surface area contributed by atoms with Crippen molar-refractivity contribution < 1.29 is 9.72 Å². The molecule has 0 radical (unpaired) electrons. The molecule has 1 N–H and O–H groups in total. The number of rotatable bonds is 5. The van der Waals surface area contributed by atoms with Gasteiger partial charge in [0.25, 0.3) is 5.69 Å². The normalized spacial score (nSPS) is 10.2. The second kappa shape index (κ2) is 6.37. The van der Waals surface area contributed by atoms with Gasteiger partial charge in [0.05, 0.1) is 11.5 Å². The second-order valence-electron chi connectivity index (χ2n) is 4.49. The van der Waals surface area contributed by atoms with Gasteiger partial charge in [0.15, 0.2) is 5.78 Å². The number of carbonyl (C=O) groups excluding carboxylic acids is 1. The van der Waals surface area contributed by atoms with Gasteiger partial charge in [-0.3, -0.25) is 14.9 Å². The van der Waals surface area contributed by atoms with Crippen molar-refractivity contribution in [2.75, 3.05) is 11.9 Å². The Morgan fingerprint density at radius 2 is 1.90 bits per heavy atom. The molecule has 0 saturated carbocycles. The lowest BCUT2D eigenvalue weighted by Gasteiger charge is -2.10. The van der Waals surface area contributed by atoms with Crippen molar-refractivity contribution in [2.45, 2.75) is 6.92 Å². The smallest absolute Gasteiger partial charge is 0.269 e. The first-order valence-electron chi connectivity index (χ1n) is 6.25. The van der Waals surface area contributed by atoms with Crippen LogP contribution in [0.5, 0.6) is 0 Å². The Labute approximate surface area is 126 Å². The monoisotopic (exact) mass is 304 g/mol. The first-order valence-corrected chi connectivity index (χ1v) is 6.63. The molecule has 5 nitrogen and oxygen atoms in total. The van der Waals surface area contributed by atoms with Gasteiger partial charge in [-0.05, 0) is 36.8 Å². The van der Waals surface area contributed by atoms with E-state index in [1.165, 1.54) is 24.3 Å². The van der Waals surface area contributed by atoms with Gasteiger partial charge in [0.2, 0.25) is 0 Å². The minimum Gasteiger partial charge on any atom is -0.377 e. The predicted octanol–water partition coefficient (Wildman–Crippen LogP) is 3.85. The molecule has 0 bridgehead atoms. The van der Waals surface area contributed by atoms with Crippen LogP contribution in [0.3, 0.4) is 0 Å². The van der Waals surface area contributed by atoms with Crippen molar-refractivity contribution in [2.24, 2.45) is 0 Å². The maximum Gasteiger partial charge on any atom is 0.269 e. The molecular formula is C15H13ClN2O3. The number of nitro groups is 1. The quantitative estimate of drug-likeness (QED) is 0.517. The van der Waals surface area contributed by atoms with Crippen molar-refractivity contribution in [3.05, 3.63) is 68.7 Å². The number of ketones is 1. The lowest BCUT2D eigenvalue weighted by atomic mass is 10.1. The van der Waals surface area contributed by atoms with E-state index in [0.29, 0.717) is 10.6 Å². The molecule has 0 saturated heterocycles. The third kappa shape index (κ3) is 3.58. The Bertz CT molecular complexity index is 684. The number of anilines is 1. The summed E-state index contributed by atoms with van der Waals surface area (Å²) >= 11 is 6.00. The first kappa shape index (κ1) is 15.0. The number of nitro benzene ring substituents is 1. The molecule has 0 aliphatic heterocycles. The van der Waals surface area contributed by atoms with Crippen LogP contribution in [0.4, 0.5) is 11.4 Å². The summed E-state index contributed by atoms with van der Waals surface area (Å²) in [4.78, 5) is 22.1. The fourth-order valence-corrected chi connectivity index (χ4v) is 2.02. The summed E-state index contributed by atoms with van der Waals surface area (Å²) in [6.45, 7) is 1.96. The second-order valence-corrected chi connectivity index (χ2v) is 4.90. The number of hydrogen-bond donors (Lipinski definition) is 1. The van der Waals surface area contributed by atoms with Crippen molar-refractivity contribution in [1.82, 2.24) is 0 Å². The van der Waals surface area contributed by atoms with Gasteiger partial charge in [-0.1, -0.05) is 17.7 Å². The highest BCUT2D eigenvalue weighted by molar-refractivity contribution is 6.31. The van der Waals surface area contributed by atoms with Gasteiger partial charge < -0.3 is 5.32 Å². The summed E-state index contributed by atoms with van der Waals surface area (Å²) in [7, 11) is 0. The van der Waals surface area contributed by atoms with Gasteiger partial charge in [0, 0.05) is 28.4 Å². The topological polar surface area (TPSA) is 72.2 Å². The Morgan fingerprint density at radius 1 is 1.24 bits per heavy atom. The summed E-state index contributed by atoms with van der Waals surface area (Å²) in [5.41, 5.74) is 2.05. The van der Waals surface area contributed by atoms with Gasteiger partial charge in [-0.2, -0.15) is 0 Å². The number of halogens is 1. The van der Waals surface area contributed by atoms with Gasteiger partial charge in [-0.15, -0.1) is 0 Å². The Hall–Kier alpha value is -2.40. The molecule has 2 aromatic carbocycles. The lowest BCUT2D eigenvalue weighted by molar-refractivity contribution is -0.384. The van der Waals surface area contributed by atoms with E-state index >= 15 is 0 Å². The van der Waals surface area contributed by atoms with E-state index in [-0.39, 0.29) is 18.0 Å². The Balaban J connectivity index is 2.04. The molecule has 0 amide bonds. The molecular weight excluding hydrogens is 292 g/mol. The molecule has 0 spiro atoms. The number of nitrogens with zero attached hydrogens (tertiary/aromatic N) is 1. The van der Waals surface area contributed by atoms with Crippen LogP contribution < -0.4 is 5.32 Å². The zero-order chi connectivity index (χ0) is 15.4. The molecule has 0 fully saturated rings. The highest BCUT2D eigenvalue weighted by Crippen LogP contribution is 2.22. The minimum absolute atomic E-state index is 0.0369. The van der Waals surface area contributed by atoms with Crippen LogP contribution in [0.1, 0.15) is 15.9 Å². The van der Waals surface area contributed by atoms with Gasteiger partial charge >= 0.3 is 0 Å². The van der Waals surface area contributed by atoms with Crippen molar-refractivity contribution >= 4 is 28.8 Å². The number of carbonyl (C=O) groups is 1. The number of hydrogen-bond acceptors (Lipinski definition) is 4. The van der Waals surface area contributed by atoms with Crippen LogP contribution in [0.2, 0.25) is 5.02 Å². The fourth-order valence-electron chi connectivity index (χ4n) is 1.85. The van der Waals surface area contributed by atoms with E-state index in [2.05, 4.69) is 5.32 Å². The highest BCUT2D eigenvalue weighted by Gasteiger charge is 2.10. The third-order valence-electron chi connectivity index (χ3n) is 3.11. The Kier molecular flexibility index (Phi) is 4.55. The van der Waals surface area contributed by atoms with Gasteiger partial charge in [0.1, 0.15) is 0 Å². The number of Topliss-reactive ketones (excluding diaryl/α,β-unsaturated/α-hetero) is 1. The predicted molar refractivity (Wildman–Crippen MR) is 82.1 cm³/mol. The van der Waals surface area contributed by atoms with E-state index in [1.807, 2.05) is 13.0 Å². The zero-order valence-electron chi connectivity index (χ0n) is 11.3. The molecule has 0 atom stereocenters. The largest absolute Gasteiger partial charge is 0.377 e. The highest BCUT2D eigenvalue weighted by atomic mass is 35.5. The summed E-state index contributed by atoms with van der Waals surface area (Å²) < 4.78 is 0. The summed E-state index contributed by atoms with van der Waals surface area (Å²) in [5, 5.41) is 14.2. The standard InChI is InChI=1S/C15H13ClN2O3/c1-10-13(16)3-2-4-14(10)17-9-15(19)11-5-7-12(8-6-11)18(20)21/h2-8,17H,9H2,1H3. The third-order valence-corrected chi connectivity index (χ3v) is 3.52. The van der Waals surface area contributed by atoms with E-state index < -0.39 is 4.92 Å². The lowest BCUT2D eigenvalue weighted by Crippen LogP contribution is -2.14. The molecule has 0 aliphatic rings. The van der Waals surface area contributed by atoms with Gasteiger partial charge in [-0.25, -0.2) is 0 Å². The van der Waals surface area contributed by atoms with E-state index in [0.717, 1.165) is 11.3 Å². The first-order chi connectivity index (χ1) is 9.99. The summed E-state index contributed by atoms with van der Waals surface area (Å²) in [6, 6.07) is 11.0. The van der Waals surface area contributed by atoms with E-state index in [9.17, 15) is 14.9 Å². The van der Waals surface area contributed by atoms with E-state index in [1.54, 1.807) is 12.1 Å². The molecule has 21 heavy (non-hydrogen) atoms. The number of non-ortho nitro benzene ring substituents is 1. The molecule has 108 valence electrons. The average Bonchev–Trinajstić information content (AvgIpc) is 2.48. The molecule has 0 aliphatic carbocycles. The van der Waals surface area contributed by atoms with Crippen molar-refractivity contribution in [3.63, 3.8) is 0 Å². The maximum atomic E-state index is 12.0. The van der Waals surface area contributed by atoms with Crippen molar-refractivity contribution in [3.8, 4) is 0 Å². The number of nitrogens with one attached hydrogen (secondary N) is 1. The van der Waals surface area contributed by atoms with E-state index in [4.69, 9.17) is 11.6 Å². The van der Waals surface area contributed by atoms with Crippen LogP contribution in [0.15, 0.2) is 42.5 Å². The number of benzene rings is 2. The molecule has 0 unspecified atom stereocenters. The van der Waals surface area contributed by atoms with Crippen molar-refractivity contribution in [1.29, 1.82) is 0 Å². The average molecular weight is 305 g/mol. The van der Waals surface area contributed by atoms with Crippen LogP contribution >= 0.6 is 11.6 Å². The fraction of sp³-hybridized carbons (Fsp3) is 0.133. The van der Waals surface area contributed by atoms with Crippen LogP contribution in [-0.4, -0.2) is 17.3 Å². The minimum atomic E-state index is -0.498. The molecule has 0 aromatic heterocycles. The SMILES string of the molecule is Cc1c(Cl)cccc1NCC(=O)c1ccc([N+](=O)[O-])cc1. The van der Waals surface area contributed by atoms with Crippen LogP contribution in [0.25, 0.3) is 0 Å². The zero-order valence-corrected chi connectivity index (χ0v) is 12.1.